The van der Waals surface area contributed by atoms with Gasteiger partial charge < -0.3 is 5.32 Å². The van der Waals surface area contributed by atoms with Crippen molar-refractivity contribution < 1.29 is 13.2 Å². The summed E-state index contributed by atoms with van der Waals surface area (Å²) in [6.07, 6.45) is 8.39. The van der Waals surface area contributed by atoms with E-state index in [0.717, 1.165) is 60.2 Å². The van der Waals surface area contributed by atoms with Gasteiger partial charge in [-0.3, -0.25) is 9.20 Å². The summed E-state index contributed by atoms with van der Waals surface area (Å²) >= 11 is 3.10. The third kappa shape index (κ3) is 5.31. The number of thiophene rings is 1. The number of nitrogens with zero attached hydrogens (tertiary/aromatic N) is 4. The number of fused-ring (bicyclic) bond motifs is 5. The molecule has 1 fully saturated rings. The number of sulfonamides is 1. The molecule has 3 aromatic heterocycles. The fourth-order valence-corrected chi connectivity index (χ4v) is 8.82. The van der Waals surface area contributed by atoms with Gasteiger partial charge in [-0.05, 0) is 68.4 Å². The molecule has 0 aliphatic heterocycles. The summed E-state index contributed by atoms with van der Waals surface area (Å²) in [6.45, 7) is 4.21. The predicted octanol–water partition coefficient (Wildman–Crippen LogP) is 5.29. The molecule has 0 unspecified atom stereocenters. The van der Waals surface area contributed by atoms with Crippen molar-refractivity contribution in [1.82, 2.24) is 24.3 Å². The first-order chi connectivity index (χ1) is 18.8. The molecular weight excluding hydrogens is 553 g/mol. The molecule has 2 aliphatic rings. The first-order valence-electron chi connectivity index (χ1n) is 13.5. The van der Waals surface area contributed by atoms with Crippen molar-refractivity contribution in [2.24, 2.45) is 0 Å². The number of benzene rings is 1. The molecule has 2 N–H and O–H groups in total. The van der Waals surface area contributed by atoms with E-state index in [9.17, 15) is 13.2 Å². The van der Waals surface area contributed by atoms with Crippen LogP contribution in [-0.2, 0) is 27.7 Å². The molecule has 12 heteroatoms. The Morgan fingerprint density at radius 1 is 1.10 bits per heavy atom. The Hall–Kier alpha value is -2.54. The van der Waals surface area contributed by atoms with Gasteiger partial charge in [0.05, 0.1) is 16.0 Å². The van der Waals surface area contributed by atoms with Crippen molar-refractivity contribution in [3.8, 4) is 0 Å². The van der Waals surface area contributed by atoms with Crippen LogP contribution in [-0.4, -0.2) is 45.7 Å². The Labute approximate surface area is 236 Å². The van der Waals surface area contributed by atoms with Crippen molar-refractivity contribution in [2.45, 2.75) is 87.2 Å². The van der Waals surface area contributed by atoms with Crippen LogP contribution in [0.3, 0.4) is 0 Å². The largest absolute Gasteiger partial charge is 0.325 e. The Bertz CT molecular complexity index is 1640. The SMILES string of the molecule is CC(C)c1nc2sc3c(c2c2nnc(SCC(=O)Nc4ccc(S(=O)(=O)NC5CCCC5)cc4)n12)CCCC3. The maximum absolute atomic E-state index is 12.8. The number of hydrogen-bond donors (Lipinski definition) is 2. The molecule has 0 bridgehead atoms. The molecule has 0 atom stereocenters. The van der Waals surface area contributed by atoms with Crippen molar-refractivity contribution in [3.05, 3.63) is 40.5 Å². The topological polar surface area (TPSA) is 118 Å². The lowest BCUT2D eigenvalue weighted by molar-refractivity contribution is -0.113. The summed E-state index contributed by atoms with van der Waals surface area (Å²) in [5, 5.41) is 13.6. The molecule has 2 aliphatic carbocycles. The van der Waals surface area contributed by atoms with E-state index in [0.29, 0.717) is 10.8 Å². The molecule has 39 heavy (non-hydrogen) atoms. The second-order valence-corrected chi connectivity index (χ2v) is 14.4. The van der Waals surface area contributed by atoms with Gasteiger partial charge in [-0.25, -0.2) is 18.1 Å². The molecule has 0 saturated heterocycles. The molecule has 206 valence electrons. The van der Waals surface area contributed by atoms with Gasteiger partial charge in [0.25, 0.3) is 0 Å². The van der Waals surface area contributed by atoms with Crippen LogP contribution in [0.25, 0.3) is 15.9 Å². The number of amides is 1. The molecule has 3 heterocycles. The molecule has 1 aromatic carbocycles. The molecule has 1 saturated carbocycles. The summed E-state index contributed by atoms with van der Waals surface area (Å²) in [5.41, 5.74) is 2.73. The van der Waals surface area contributed by atoms with Crippen molar-refractivity contribution in [2.75, 3.05) is 11.1 Å². The van der Waals surface area contributed by atoms with E-state index in [1.807, 2.05) is 4.40 Å². The molecule has 4 aromatic rings. The van der Waals surface area contributed by atoms with Gasteiger partial charge in [0, 0.05) is 22.5 Å². The predicted molar refractivity (Wildman–Crippen MR) is 155 cm³/mol. The minimum Gasteiger partial charge on any atom is -0.325 e. The quantitative estimate of drug-likeness (QED) is 0.270. The number of anilines is 1. The van der Waals surface area contributed by atoms with E-state index < -0.39 is 10.0 Å². The Balaban J connectivity index is 1.17. The molecule has 0 spiro atoms. The van der Waals surface area contributed by atoms with Gasteiger partial charge in [0.2, 0.25) is 15.9 Å². The van der Waals surface area contributed by atoms with Crippen LogP contribution in [0, 0.1) is 0 Å². The fraction of sp³-hybridized carbons (Fsp3) is 0.481. The van der Waals surface area contributed by atoms with Crippen LogP contribution in [0.5, 0.6) is 0 Å². The van der Waals surface area contributed by atoms with Crippen LogP contribution in [0.2, 0.25) is 0 Å². The lowest BCUT2D eigenvalue weighted by atomic mass is 9.97. The van der Waals surface area contributed by atoms with Gasteiger partial charge in [-0.15, -0.1) is 21.5 Å². The Kier molecular flexibility index (Phi) is 7.38. The van der Waals surface area contributed by atoms with Crippen LogP contribution in [0.1, 0.15) is 74.6 Å². The van der Waals surface area contributed by atoms with Crippen LogP contribution < -0.4 is 10.0 Å². The Morgan fingerprint density at radius 3 is 2.59 bits per heavy atom. The van der Waals surface area contributed by atoms with Crippen molar-refractivity contribution in [3.63, 3.8) is 0 Å². The van der Waals surface area contributed by atoms with E-state index in [1.54, 1.807) is 23.5 Å². The Morgan fingerprint density at radius 2 is 1.85 bits per heavy atom. The highest BCUT2D eigenvalue weighted by atomic mass is 32.2. The maximum atomic E-state index is 12.8. The third-order valence-corrected chi connectivity index (χ3v) is 11.1. The normalized spacial score (nSPS) is 16.4. The van der Waals surface area contributed by atoms with Crippen LogP contribution in [0.4, 0.5) is 5.69 Å². The van der Waals surface area contributed by atoms with Gasteiger partial charge in [0.15, 0.2) is 10.8 Å². The van der Waals surface area contributed by atoms with Crippen molar-refractivity contribution in [1.29, 1.82) is 0 Å². The summed E-state index contributed by atoms with van der Waals surface area (Å²) in [5.74, 6) is 0.996. The van der Waals surface area contributed by atoms with Gasteiger partial charge in [0.1, 0.15) is 10.7 Å². The fourth-order valence-electron chi connectivity index (χ4n) is 5.51. The number of nitrogens with one attached hydrogen (secondary N) is 2. The number of thioether (sulfide) groups is 1. The highest BCUT2D eigenvalue weighted by Crippen LogP contribution is 2.39. The van der Waals surface area contributed by atoms with E-state index >= 15 is 0 Å². The highest BCUT2D eigenvalue weighted by Gasteiger charge is 2.25. The molecule has 1 amide bonds. The number of aryl methyl sites for hydroxylation is 2. The number of aromatic nitrogens is 4. The number of carbonyl (C=O) groups excluding carboxylic acids is 1. The smallest absolute Gasteiger partial charge is 0.240 e. The van der Waals surface area contributed by atoms with E-state index in [-0.39, 0.29) is 28.5 Å². The maximum Gasteiger partial charge on any atom is 0.240 e. The number of rotatable bonds is 8. The lowest BCUT2D eigenvalue weighted by Gasteiger charge is -2.13. The van der Waals surface area contributed by atoms with Crippen molar-refractivity contribution >= 4 is 60.6 Å². The molecular formula is C27H32N6O3S3. The molecule has 0 radical (unpaired) electrons. The van der Waals surface area contributed by atoms with E-state index in [1.165, 1.54) is 47.2 Å². The molecule has 9 nitrogen and oxygen atoms in total. The minimum atomic E-state index is -3.57. The minimum absolute atomic E-state index is 0.00676. The first kappa shape index (κ1) is 26.7. The summed E-state index contributed by atoms with van der Waals surface area (Å²) in [7, 11) is -3.57. The van der Waals surface area contributed by atoms with E-state index in [4.69, 9.17) is 4.98 Å². The summed E-state index contributed by atoms with van der Waals surface area (Å²) in [4.78, 5) is 20.5. The van der Waals surface area contributed by atoms with Crippen LogP contribution >= 0.6 is 23.1 Å². The summed E-state index contributed by atoms with van der Waals surface area (Å²) in [6, 6.07) is 6.30. The second-order valence-electron chi connectivity index (χ2n) is 10.6. The van der Waals surface area contributed by atoms with Gasteiger partial charge >= 0.3 is 0 Å². The zero-order valence-electron chi connectivity index (χ0n) is 22.1. The highest BCUT2D eigenvalue weighted by molar-refractivity contribution is 7.99. The van der Waals surface area contributed by atoms with E-state index in [2.05, 4.69) is 34.1 Å². The summed E-state index contributed by atoms with van der Waals surface area (Å²) < 4.78 is 30.1. The second kappa shape index (κ2) is 10.8. The average molecular weight is 585 g/mol. The zero-order valence-corrected chi connectivity index (χ0v) is 24.5. The zero-order chi connectivity index (χ0) is 27.1. The standard InChI is InChI=1S/C27H32N6O3S3/c1-16(2)24-29-26-23(20-9-5-6-10-21(20)38-26)25-30-31-27(33(24)25)37-15-22(34)28-17-11-13-19(14-12-17)39(35,36)32-18-7-3-4-8-18/h11-14,16,18,32H,3-10,15H2,1-2H3,(H,28,34). The monoisotopic (exact) mass is 584 g/mol. The lowest BCUT2D eigenvalue weighted by Crippen LogP contribution is -2.32. The first-order valence-corrected chi connectivity index (χ1v) is 16.8. The third-order valence-electron chi connectivity index (χ3n) is 7.43. The van der Waals surface area contributed by atoms with Gasteiger partial charge in [-0.2, -0.15) is 0 Å². The number of carbonyl (C=O) groups is 1. The number of hydrogen-bond acceptors (Lipinski definition) is 8. The average Bonchev–Trinajstić information content (AvgIpc) is 3.65. The molecule has 6 rings (SSSR count). The van der Waals surface area contributed by atoms with Gasteiger partial charge in [-0.1, -0.05) is 38.5 Å². The van der Waals surface area contributed by atoms with Crippen LogP contribution in [0.15, 0.2) is 34.3 Å².